The first-order valence-electron chi connectivity index (χ1n) is 10.0. The Morgan fingerprint density at radius 2 is 1.56 bits per heavy atom. The van der Waals surface area contributed by atoms with Crippen LogP contribution in [0.3, 0.4) is 0 Å². The third kappa shape index (κ3) is 7.58. The van der Waals surface area contributed by atoms with Gasteiger partial charge >= 0.3 is 12.4 Å². The van der Waals surface area contributed by atoms with Crippen LogP contribution in [0.4, 0.5) is 26.3 Å². The summed E-state index contributed by atoms with van der Waals surface area (Å²) >= 11 is 11.6. The molecule has 2 aromatic rings. The van der Waals surface area contributed by atoms with Crippen LogP contribution in [0.5, 0.6) is 0 Å². The fraction of sp³-hybridized carbons (Fsp3) is 0.318. The van der Waals surface area contributed by atoms with Gasteiger partial charge in [0.15, 0.2) is 11.3 Å². The van der Waals surface area contributed by atoms with Gasteiger partial charge in [-0.05, 0) is 54.4 Å². The lowest BCUT2D eigenvalue weighted by molar-refractivity contribution is -0.266. The Morgan fingerprint density at radius 1 is 0.972 bits per heavy atom. The van der Waals surface area contributed by atoms with Crippen molar-refractivity contribution in [3.63, 3.8) is 0 Å². The molecule has 0 radical (unpaired) electrons. The molecule has 0 aliphatic heterocycles. The van der Waals surface area contributed by atoms with Gasteiger partial charge in [-0.25, -0.2) is 0 Å². The summed E-state index contributed by atoms with van der Waals surface area (Å²) in [6.45, 7) is -0.858. The molecule has 196 valence electrons. The summed E-state index contributed by atoms with van der Waals surface area (Å²) in [5, 5.41) is 20.0. The molecule has 0 spiro atoms. The van der Waals surface area contributed by atoms with Crippen molar-refractivity contribution in [2.75, 3.05) is 13.1 Å². The van der Waals surface area contributed by atoms with Crippen molar-refractivity contribution in [2.45, 2.75) is 31.3 Å². The highest BCUT2D eigenvalue weighted by atomic mass is 35.5. The van der Waals surface area contributed by atoms with E-state index in [1.807, 2.05) is 0 Å². The zero-order valence-corrected chi connectivity index (χ0v) is 20.0. The molecule has 0 saturated heterocycles. The molecule has 0 aliphatic rings. The average molecular weight is 559 g/mol. The van der Waals surface area contributed by atoms with Crippen LogP contribution in [0.25, 0.3) is 0 Å². The molecule has 2 aromatic carbocycles. The Morgan fingerprint density at radius 3 is 2.06 bits per heavy atom. The van der Waals surface area contributed by atoms with Crippen molar-refractivity contribution < 1.29 is 46.4 Å². The van der Waals surface area contributed by atoms with Crippen LogP contribution in [0.1, 0.15) is 33.5 Å². The first kappa shape index (κ1) is 29.4. The van der Waals surface area contributed by atoms with Crippen molar-refractivity contribution in [1.29, 1.82) is 0 Å². The van der Waals surface area contributed by atoms with Gasteiger partial charge in [-0.2, -0.15) is 26.3 Å². The third-order valence-electron chi connectivity index (χ3n) is 4.99. The molecule has 0 bridgehead atoms. The minimum atomic E-state index is -5.16. The lowest BCUT2D eigenvalue weighted by Gasteiger charge is -2.30. The van der Waals surface area contributed by atoms with Gasteiger partial charge in [0, 0.05) is 21.2 Å². The van der Waals surface area contributed by atoms with E-state index in [0.717, 1.165) is 12.1 Å². The molecule has 36 heavy (non-hydrogen) atoms. The number of aliphatic hydroxyl groups is 1. The monoisotopic (exact) mass is 558 g/mol. The van der Waals surface area contributed by atoms with Gasteiger partial charge in [0.25, 0.3) is 5.91 Å². The van der Waals surface area contributed by atoms with E-state index in [2.05, 4.69) is 5.32 Å². The maximum absolute atomic E-state index is 13.9. The molecule has 0 aromatic heterocycles. The molecule has 1 atom stereocenters. The van der Waals surface area contributed by atoms with Crippen molar-refractivity contribution in [1.82, 2.24) is 10.6 Å². The highest BCUT2D eigenvalue weighted by Crippen LogP contribution is 2.43. The second-order valence-corrected chi connectivity index (χ2v) is 8.70. The van der Waals surface area contributed by atoms with Gasteiger partial charge in [0.05, 0.1) is 13.0 Å². The van der Waals surface area contributed by atoms with Gasteiger partial charge in [0.2, 0.25) is 5.91 Å². The lowest BCUT2D eigenvalue weighted by Crippen LogP contribution is -2.50. The molecular weight excluding hydrogens is 539 g/mol. The van der Waals surface area contributed by atoms with E-state index in [-0.39, 0.29) is 32.4 Å². The summed E-state index contributed by atoms with van der Waals surface area (Å²) in [5.41, 5.74) is -4.10. The van der Waals surface area contributed by atoms with E-state index < -0.39 is 54.8 Å². The number of hydrogen-bond donors (Lipinski definition) is 4. The molecule has 0 heterocycles. The van der Waals surface area contributed by atoms with Gasteiger partial charge < -0.3 is 15.7 Å². The van der Waals surface area contributed by atoms with Gasteiger partial charge in [-0.15, -0.1) is 0 Å². The molecule has 14 heteroatoms. The first-order chi connectivity index (χ1) is 16.4. The number of alkyl halides is 6. The SMILES string of the molecule is Cc1cc(C(=[NH2+])CC(O)(c2cc(Cl)cc(Cl)c2)C(F)(F)F)ccc1C(=O)NCC(=O)NCC(F)(F)F. The quantitative estimate of drug-likeness (QED) is 0.295. The van der Waals surface area contributed by atoms with Crippen LogP contribution in [0.2, 0.25) is 10.0 Å². The Kier molecular flexibility index (Phi) is 9.03. The Labute approximate surface area is 211 Å². The summed E-state index contributed by atoms with van der Waals surface area (Å²) < 4.78 is 78.1. The number of carbonyl (C=O) groups excluding carboxylic acids is 2. The van der Waals surface area contributed by atoms with Crippen LogP contribution in [0, 0.1) is 6.92 Å². The van der Waals surface area contributed by atoms with Crippen LogP contribution < -0.4 is 16.0 Å². The smallest absolute Gasteiger partial charge is 0.376 e. The molecule has 0 fully saturated rings. The van der Waals surface area contributed by atoms with Crippen molar-refractivity contribution in [2.24, 2.45) is 0 Å². The minimum absolute atomic E-state index is 0.00266. The van der Waals surface area contributed by atoms with Gasteiger partial charge in [-0.3, -0.25) is 15.0 Å². The molecule has 5 N–H and O–H groups in total. The predicted molar refractivity (Wildman–Crippen MR) is 120 cm³/mol. The molecule has 1 unspecified atom stereocenters. The highest BCUT2D eigenvalue weighted by molar-refractivity contribution is 6.34. The number of amides is 2. The molecular formula is C22H20Cl2F6N3O3+. The van der Waals surface area contributed by atoms with Crippen molar-refractivity contribution in [3.05, 3.63) is 68.7 Å². The predicted octanol–water partition coefficient (Wildman–Crippen LogP) is 3.10. The maximum Gasteiger partial charge on any atom is 0.422 e. The van der Waals surface area contributed by atoms with Crippen LogP contribution in [-0.2, 0) is 10.4 Å². The summed E-state index contributed by atoms with van der Waals surface area (Å²) in [6.07, 6.45) is -10.9. The lowest BCUT2D eigenvalue weighted by atomic mass is 9.85. The number of carbonyl (C=O) groups is 2. The second kappa shape index (κ2) is 11.1. The number of rotatable bonds is 8. The maximum atomic E-state index is 13.9. The zero-order chi connectivity index (χ0) is 27.5. The number of nitrogens with two attached hydrogens (primary N) is 1. The number of hydrogen-bond acceptors (Lipinski definition) is 3. The first-order valence-corrected chi connectivity index (χ1v) is 10.8. The molecule has 2 rings (SSSR count). The van der Waals surface area contributed by atoms with Crippen molar-refractivity contribution >= 4 is 40.7 Å². The van der Waals surface area contributed by atoms with E-state index in [0.29, 0.717) is 0 Å². The standard InChI is InChI=1S/C22H19Cl2F6N3O3/c1-11-4-12(2-3-16(11)19(35)32-9-18(34)33-10-21(25,26)27)17(31)8-20(36,22(28,29)30)13-5-14(23)7-15(24)6-13/h2-7,31,36H,8-10H2,1H3,(H,32,35)(H,33,34)/p+1. The van der Waals surface area contributed by atoms with E-state index in [1.165, 1.54) is 31.2 Å². The average Bonchev–Trinajstić information content (AvgIpc) is 2.73. The molecule has 6 nitrogen and oxygen atoms in total. The van der Waals surface area contributed by atoms with E-state index >= 15 is 0 Å². The largest absolute Gasteiger partial charge is 0.422 e. The fourth-order valence-electron chi connectivity index (χ4n) is 3.17. The zero-order valence-electron chi connectivity index (χ0n) is 18.5. The Balaban J connectivity index is 2.18. The van der Waals surface area contributed by atoms with Gasteiger partial charge in [-0.1, -0.05) is 23.2 Å². The minimum Gasteiger partial charge on any atom is -0.376 e. The molecule has 0 aliphatic carbocycles. The second-order valence-electron chi connectivity index (χ2n) is 7.82. The van der Waals surface area contributed by atoms with E-state index in [4.69, 9.17) is 28.6 Å². The van der Waals surface area contributed by atoms with E-state index in [9.17, 15) is 41.0 Å². The van der Waals surface area contributed by atoms with E-state index in [1.54, 1.807) is 5.32 Å². The van der Waals surface area contributed by atoms with Crippen LogP contribution >= 0.6 is 23.2 Å². The number of aryl methyl sites for hydroxylation is 1. The number of nitrogens with one attached hydrogen (secondary N) is 2. The Hall–Kier alpha value is -2.83. The number of benzene rings is 2. The summed E-state index contributed by atoms with van der Waals surface area (Å²) in [7, 11) is 0. The van der Waals surface area contributed by atoms with Crippen LogP contribution in [-0.4, -0.2) is 48.1 Å². The molecule has 2 amide bonds. The highest BCUT2D eigenvalue weighted by Gasteiger charge is 2.56. The summed E-state index contributed by atoms with van der Waals surface area (Å²) in [6, 6.07) is 6.75. The van der Waals surface area contributed by atoms with Crippen LogP contribution in [0.15, 0.2) is 36.4 Å². The Bertz CT molecular complexity index is 1150. The summed E-state index contributed by atoms with van der Waals surface area (Å²) in [4.78, 5) is 23.7. The topological polar surface area (TPSA) is 104 Å². The molecule has 0 saturated carbocycles. The third-order valence-corrected chi connectivity index (χ3v) is 5.43. The van der Waals surface area contributed by atoms with Crippen molar-refractivity contribution in [3.8, 4) is 0 Å². The summed E-state index contributed by atoms with van der Waals surface area (Å²) in [5.74, 6) is -1.87. The number of halogens is 8. The normalized spacial score (nSPS) is 13.6. The fourth-order valence-corrected chi connectivity index (χ4v) is 3.70. The van der Waals surface area contributed by atoms with Gasteiger partial charge in [0.1, 0.15) is 6.54 Å².